The van der Waals surface area contributed by atoms with E-state index in [1.807, 2.05) is 27.7 Å². The van der Waals surface area contributed by atoms with Crippen LogP contribution >= 0.6 is 0 Å². The van der Waals surface area contributed by atoms with Crippen molar-refractivity contribution in [2.45, 2.75) is 85.4 Å². The van der Waals surface area contributed by atoms with Crippen LogP contribution in [0, 0.1) is 17.8 Å². The first-order chi connectivity index (χ1) is 11.6. The third kappa shape index (κ3) is 9.24. The lowest BCUT2D eigenvalue weighted by Gasteiger charge is -2.28. The second-order valence-corrected chi connectivity index (χ2v) is 8.58. The molecular weight excluding hydrogens is 320 g/mol. The summed E-state index contributed by atoms with van der Waals surface area (Å²) in [6.07, 6.45) is 3.98. The molecule has 0 radical (unpaired) electrons. The van der Waals surface area contributed by atoms with Crippen LogP contribution in [0.4, 0.5) is 0 Å². The highest BCUT2D eigenvalue weighted by Gasteiger charge is 2.30. The lowest BCUT2D eigenvalue weighted by molar-refractivity contribution is -0.167. The third-order valence-corrected chi connectivity index (χ3v) is 4.43. The van der Waals surface area contributed by atoms with Gasteiger partial charge >= 0.3 is 11.9 Å². The summed E-state index contributed by atoms with van der Waals surface area (Å²) in [6, 6.07) is 0. The molecule has 1 aliphatic rings. The van der Waals surface area contributed by atoms with Gasteiger partial charge in [-0.1, -0.05) is 20.3 Å². The van der Waals surface area contributed by atoms with Crippen molar-refractivity contribution in [2.75, 3.05) is 13.2 Å². The second kappa shape index (κ2) is 10.1. The van der Waals surface area contributed by atoms with Gasteiger partial charge in [-0.2, -0.15) is 0 Å². The molecular formula is C20H36O5. The summed E-state index contributed by atoms with van der Waals surface area (Å²) in [4.78, 5) is 24.6. The fourth-order valence-corrected chi connectivity index (χ4v) is 3.00. The van der Waals surface area contributed by atoms with Gasteiger partial charge in [0.25, 0.3) is 0 Å². The highest BCUT2D eigenvalue weighted by atomic mass is 16.6. The molecule has 0 aromatic rings. The van der Waals surface area contributed by atoms with Crippen molar-refractivity contribution < 1.29 is 23.8 Å². The predicted molar refractivity (Wildman–Crippen MR) is 97.1 cm³/mol. The van der Waals surface area contributed by atoms with Crippen LogP contribution in [-0.4, -0.2) is 36.9 Å². The van der Waals surface area contributed by atoms with Gasteiger partial charge < -0.3 is 14.2 Å². The molecule has 0 aromatic heterocycles. The van der Waals surface area contributed by atoms with Gasteiger partial charge in [0, 0.05) is 6.61 Å². The molecule has 25 heavy (non-hydrogen) atoms. The molecule has 0 bridgehead atoms. The molecule has 146 valence electrons. The fraction of sp³-hybridized carbons (Fsp3) is 0.900. The summed E-state index contributed by atoms with van der Waals surface area (Å²) in [7, 11) is 0. The van der Waals surface area contributed by atoms with E-state index in [0.29, 0.717) is 18.4 Å². The monoisotopic (exact) mass is 356 g/mol. The van der Waals surface area contributed by atoms with Crippen molar-refractivity contribution in [3.63, 3.8) is 0 Å². The Bertz CT molecular complexity index is 424. The Balaban J connectivity index is 2.67. The molecule has 0 saturated carbocycles. The maximum absolute atomic E-state index is 12.5. The Kier molecular flexibility index (Phi) is 8.91. The standard InChI is InChI=1S/C20H36O5/c1-14(2)9-10-16-8-7-11-23-13-17(19(22)24-15(16)3)12-18(21)25-20(4,5)6/h14-17H,7-13H2,1-6H3/t15-,16-,17-/m0/s1. The van der Waals surface area contributed by atoms with E-state index in [2.05, 4.69) is 13.8 Å². The van der Waals surface area contributed by atoms with Gasteiger partial charge in [-0.15, -0.1) is 0 Å². The van der Waals surface area contributed by atoms with Crippen LogP contribution in [-0.2, 0) is 23.8 Å². The number of carbonyl (C=O) groups is 2. The molecule has 0 spiro atoms. The first-order valence-corrected chi connectivity index (χ1v) is 9.58. The number of hydrogen-bond acceptors (Lipinski definition) is 5. The highest BCUT2D eigenvalue weighted by molar-refractivity contribution is 5.80. The minimum atomic E-state index is -0.596. The minimum absolute atomic E-state index is 0.000512. The molecule has 0 N–H and O–H groups in total. The van der Waals surface area contributed by atoms with Crippen molar-refractivity contribution in [1.82, 2.24) is 0 Å². The van der Waals surface area contributed by atoms with Gasteiger partial charge in [-0.25, -0.2) is 0 Å². The average molecular weight is 357 g/mol. The summed E-state index contributed by atoms with van der Waals surface area (Å²) in [5, 5.41) is 0. The molecule has 1 saturated heterocycles. The minimum Gasteiger partial charge on any atom is -0.462 e. The van der Waals surface area contributed by atoms with Crippen molar-refractivity contribution in [2.24, 2.45) is 17.8 Å². The Labute approximate surface area is 152 Å². The van der Waals surface area contributed by atoms with Crippen LogP contribution in [0.2, 0.25) is 0 Å². The number of cyclic esters (lactones) is 1. The number of carbonyl (C=O) groups excluding carboxylic acids is 2. The SMILES string of the molecule is CC(C)CC[C@@H]1CCCOC[C@H](CC(=O)OC(C)(C)C)C(=O)O[C@H]1C. The van der Waals surface area contributed by atoms with Crippen LogP contribution in [0.5, 0.6) is 0 Å². The van der Waals surface area contributed by atoms with Gasteiger partial charge in [-0.3, -0.25) is 9.59 Å². The van der Waals surface area contributed by atoms with E-state index in [-0.39, 0.29) is 31.1 Å². The molecule has 3 atom stereocenters. The maximum Gasteiger partial charge on any atom is 0.312 e. The van der Waals surface area contributed by atoms with Crippen LogP contribution < -0.4 is 0 Å². The Morgan fingerprint density at radius 2 is 2.00 bits per heavy atom. The molecule has 5 nitrogen and oxygen atoms in total. The maximum atomic E-state index is 12.5. The first kappa shape index (κ1) is 21.9. The van der Waals surface area contributed by atoms with Crippen molar-refractivity contribution in [3.05, 3.63) is 0 Å². The van der Waals surface area contributed by atoms with Gasteiger partial charge in [0.2, 0.25) is 0 Å². The number of hydrogen-bond donors (Lipinski definition) is 0. The Morgan fingerprint density at radius 1 is 1.32 bits per heavy atom. The number of rotatable bonds is 5. The highest BCUT2D eigenvalue weighted by Crippen LogP contribution is 2.25. The van der Waals surface area contributed by atoms with Crippen molar-refractivity contribution >= 4 is 11.9 Å². The molecule has 1 fully saturated rings. The van der Waals surface area contributed by atoms with Gasteiger partial charge in [0.15, 0.2) is 0 Å². The van der Waals surface area contributed by atoms with Gasteiger partial charge in [-0.05, 0) is 58.8 Å². The van der Waals surface area contributed by atoms with E-state index in [9.17, 15) is 9.59 Å². The molecule has 1 rings (SSSR count). The summed E-state index contributed by atoms with van der Waals surface area (Å²) in [5.74, 6) is -0.361. The van der Waals surface area contributed by atoms with Crippen LogP contribution in [0.3, 0.4) is 0 Å². The zero-order chi connectivity index (χ0) is 19.0. The summed E-state index contributed by atoms with van der Waals surface area (Å²) in [6.45, 7) is 12.6. The topological polar surface area (TPSA) is 61.8 Å². The van der Waals surface area contributed by atoms with E-state index in [0.717, 1.165) is 25.7 Å². The van der Waals surface area contributed by atoms with Crippen LogP contribution in [0.25, 0.3) is 0 Å². The molecule has 0 amide bonds. The Hall–Kier alpha value is -1.10. The van der Waals surface area contributed by atoms with Crippen LogP contribution in [0.1, 0.15) is 73.6 Å². The normalized spacial score (nSPS) is 26.2. The molecule has 0 unspecified atom stereocenters. The lowest BCUT2D eigenvalue weighted by Crippen LogP contribution is -2.34. The first-order valence-electron chi connectivity index (χ1n) is 9.58. The molecule has 5 heteroatoms. The average Bonchev–Trinajstić information content (AvgIpc) is 2.45. The van der Waals surface area contributed by atoms with E-state index < -0.39 is 11.5 Å². The van der Waals surface area contributed by atoms with Crippen molar-refractivity contribution in [3.8, 4) is 0 Å². The largest absolute Gasteiger partial charge is 0.462 e. The van der Waals surface area contributed by atoms with Crippen LogP contribution in [0.15, 0.2) is 0 Å². The van der Waals surface area contributed by atoms with Gasteiger partial charge in [0.05, 0.1) is 18.9 Å². The number of esters is 2. The zero-order valence-corrected chi connectivity index (χ0v) is 16.8. The predicted octanol–water partition coefficient (Wildman–Crippen LogP) is 4.13. The van der Waals surface area contributed by atoms with E-state index in [4.69, 9.17) is 14.2 Å². The number of ether oxygens (including phenoxy) is 3. The second-order valence-electron chi connectivity index (χ2n) is 8.58. The summed E-state index contributed by atoms with van der Waals surface area (Å²) >= 11 is 0. The van der Waals surface area contributed by atoms with E-state index in [1.54, 1.807) is 0 Å². The quantitative estimate of drug-likeness (QED) is 0.693. The van der Waals surface area contributed by atoms with Crippen molar-refractivity contribution in [1.29, 1.82) is 0 Å². The van der Waals surface area contributed by atoms with E-state index in [1.165, 1.54) is 0 Å². The lowest BCUT2D eigenvalue weighted by atomic mass is 9.89. The fourth-order valence-electron chi connectivity index (χ4n) is 3.00. The van der Waals surface area contributed by atoms with Gasteiger partial charge in [0.1, 0.15) is 11.7 Å². The molecule has 0 aromatic carbocycles. The third-order valence-electron chi connectivity index (χ3n) is 4.43. The smallest absolute Gasteiger partial charge is 0.312 e. The molecule has 0 aliphatic carbocycles. The Morgan fingerprint density at radius 3 is 2.60 bits per heavy atom. The van der Waals surface area contributed by atoms with E-state index >= 15 is 0 Å². The molecule has 1 heterocycles. The summed E-state index contributed by atoms with van der Waals surface area (Å²) in [5.41, 5.74) is -0.562. The molecule has 1 aliphatic heterocycles. The zero-order valence-electron chi connectivity index (χ0n) is 16.8. The summed E-state index contributed by atoms with van der Waals surface area (Å²) < 4.78 is 16.6.